The molecule has 3 N–H and O–H groups in total. The molecule has 0 aromatic heterocycles. The molecule has 1 saturated heterocycles. The number of nitrogens with two attached hydrogens (primary N) is 1. The van der Waals surface area contributed by atoms with Crippen LogP contribution in [0.15, 0.2) is 0 Å². The predicted molar refractivity (Wildman–Crippen MR) is 56.1 cm³/mol. The van der Waals surface area contributed by atoms with Gasteiger partial charge in [-0.05, 0) is 20.3 Å². The van der Waals surface area contributed by atoms with E-state index in [1.807, 2.05) is 0 Å². The topological polar surface area (TPSA) is 58.7 Å². The van der Waals surface area contributed by atoms with E-state index < -0.39 is 0 Å². The Morgan fingerprint density at radius 2 is 2.00 bits per heavy atom. The first-order valence-electron chi connectivity index (χ1n) is 5.36. The first-order valence-corrected chi connectivity index (χ1v) is 5.36. The van der Waals surface area contributed by atoms with Crippen LogP contribution in [0, 0.1) is 0 Å². The molecule has 0 spiro atoms. The molecule has 84 valence electrons. The summed E-state index contributed by atoms with van der Waals surface area (Å²) in [5.41, 5.74) is 5.86. The lowest BCUT2D eigenvalue weighted by atomic mass is 10.1. The second-order valence-corrected chi connectivity index (χ2v) is 4.25. The molecule has 1 fully saturated rings. The number of ether oxygens (including phenoxy) is 1. The molecule has 0 aromatic carbocycles. The summed E-state index contributed by atoms with van der Waals surface area (Å²) < 4.78 is 5.63. The van der Waals surface area contributed by atoms with Gasteiger partial charge in [0.1, 0.15) is 0 Å². The smallest absolute Gasteiger partial charge is 0.0678 e. The molecule has 0 amide bonds. The molecule has 1 aliphatic rings. The first-order chi connectivity index (χ1) is 6.61. The molecule has 1 heterocycles. The Hall–Kier alpha value is -0.160. The maximum Gasteiger partial charge on any atom is 0.0678 e. The van der Waals surface area contributed by atoms with Crippen LogP contribution in [-0.4, -0.2) is 54.5 Å². The summed E-state index contributed by atoms with van der Waals surface area (Å²) in [5.74, 6) is 0. The lowest BCUT2D eigenvalue weighted by Gasteiger charge is -2.36. The van der Waals surface area contributed by atoms with Crippen molar-refractivity contribution in [1.82, 2.24) is 4.90 Å². The molecule has 4 nitrogen and oxygen atoms in total. The molecule has 1 rings (SSSR count). The minimum atomic E-state index is 0.0810. The molecule has 1 unspecified atom stereocenters. The van der Waals surface area contributed by atoms with Crippen molar-refractivity contribution in [3.63, 3.8) is 0 Å². The van der Waals surface area contributed by atoms with Crippen LogP contribution in [-0.2, 0) is 4.74 Å². The fourth-order valence-corrected chi connectivity index (χ4v) is 2.02. The third-order valence-corrected chi connectivity index (χ3v) is 2.49. The van der Waals surface area contributed by atoms with Crippen LogP contribution in [0.4, 0.5) is 0 Å². The minimum Gasteiger partial charge on any atom is -0.396 e. The number of rotatable bonds is 4. The zero-order valence-electron chi connectivity index (χ0n) is 9.15. The van der Waals surface area contributed by atoms with Gasteiger partial charge in [-0.2, -0.15) is 0 Å². The van der Waals surface area contributed by atoms with Gasteiger partial charge in [-0.15, -0.1) is 0 Å². The van der Waals surface area contributed by atoms with Gasteiger partial charge in [0.2, 0.25) is 0 Å². The van der Waals surface area contributed by atoms with Crippen LogP contribution in [0.25, 0.3) is 0 Å². The summed E-state index contributed by atoms with van der Waals surface area (Å²) >= 11 is 0. The molecular formula is C10H22N2O2. The third kappa shape index (κ3) is 3.92. The maximum atomic E-state index is 8.75. The highest BCUT2D eigenvalue weighted by atomic mass is 16.5. The molecule has 14 heavy (non-hydrogen) atoms. The predicted octanol–water partition coefficient (Wildman–Crippen LogP) is -0.195. The summed E-state index contributed by atoms with van der Waals surface area (Å²) in [6, 6.07) is 0.0810. The van der Waals surface area contributed by atoms with Gasteiger partial charge in [-0.1, -0.05) is 0 Å². The largest absolute Gasteiger partial charge is 0.396 e. The second-order valence-electron chi connectivity index (χ2n) is 4.25. The molecule has 0 bridgehead atoms. The molecular weight excluding hydrogens is 180 g/mol. The van der Waals surface area contributed by atoms with Gasteiger partial charge in [0.15, 0.2) is 0 Å². The number of hydrogen-bond acceptors (Lipinski definition) is 4. The standard InChI is InChI=1S/C10H22N2O2/c1-8-5-12(6-9(2)14-8)7-10(11)3-4-13/h8-10,13H,3-7,11H2,1-2H3/t8-,9+,10?. The van der Waals surface area contributed by atoms with E-state index in [0.29, 0.717) is 18.6 Å². The van der Waals surface area contributed by atoms with Crippen molar-refractivity contribution in [3.8, 4) is 0 Å². The summed E-state index contributed by atoms with van der Waals surface area (Å²) in [6.07, 6.45) is 1.26. The van der Waals surface area contributed by atoms with Crippen LogP contribution in [0.3, 0.4) is 0 Å². The Morgan fingerprint density at radius 1 is 1.43 bits per heavy atom. The van der Waals surface area contributed by atoms with Crippen LogP contribution in [0.5, 0.6) is 0 Å². The van der Waals surface area contributed by atoms with Crippen molar-refractivity contribution in [1.29, 1.82) is 0 Å². The van der Waals surface area contributed by atoms with Gasteiger partial charge in [0.25, 0.3) is 0 Å². The van der Waals surface area contributed by atoms with E-state index in [2.05, 4.69) is 18.7 Å². The molecule has 0 aromatic rings. The van der Waals surface area contributed by atoms with E-state index in [0.717, 1.165) is 19.6 Å². The van der Waals surface area contributed by atoms with Crippen molar-refractivity contribution in [2.75, 3.05) is 26.2 Å². The number of morpholine rings is 1. The van der Waals surface area contributed by atoms with E-state index in [-0.39, 0.29) is 12.6 Å². The van der Waals surface area contributed by atoms with Gasteiger partial charge >= 0.3 is 0 Å². The summed E-state index contributed by atoms with van der Waals surface area (Å²) in [4.78, 5) is 2.32. The molecule has 4 heteroatoms. The normalized spacial score (nSPS) is 31.7. The quantitative estimate of drug-likeness (QED) is 0.663. The maximum absolute atomic E-state index is 8.75. The minimum absolute atomic E-state index is 0.0810. The van der Waals surface area contributed by atoms with Crippen LogP contribution in [0.1, 0.15) is 20.3 Å². The number of hydrogen-bond donors (Lipinski definition) is 2. The average molecular weight is 202 g/mol. The van der Waals surface area contributed by atoms with E-state index in [1.165, 1.54) is 0 Å². The number of aliphatic hydroxyl groups excluding tert-OH is 1. The van der Waals surface area contributed by atoms with Crippen molar-refractivity contribution in [3.05, 3.63) is 0 Å². The molecule has 3 atom stereocenters. The summed E-state index contributed by atoms with van der Waals surface area (Å²) in [5, 5.41) is 8.75. The van der Waals surface area contributed by atoms with E-state index >= 15 is 0 Å². The van der Waals surface area contributed by atoms with Crippen molar-refractivity contribution >= 4 is 0 Å². The molecule has 1 aliphatic heterocycles. The zero-order valence-corrected chi connectivity index (χ0v) is 9.15. The first kappa shape index (κ1) is 11.9. The molecule has 0 radical (unpaired) electrons. The lowest BCUT2D eigenvalue weighted by molar-refractivity contribution is -0.0693. The fourth-order valence-electron chi connectivity index (χ4n) is 2.02. The molecule has 0 saturated carbocycles. The highest BCUT2D eigenvalue weighted by Gasteiger charge is 2.22. The highest BCUT2D eigenvalue weighted by molar-refractivity contribution is 4.76. The number of nitrogens with zero attached hydrogens (tertiary/aromatic N) is 1. The Kier molecular flexibility index (Phi) is 4.81. The van der Waals surface area contributed by atoms with E-state index in [4.69, 9.17) is 15.6 Å². The Balaban J connectivity index is 2.29. The van der Waals surface area contributed by atoms with Gasteiger partial charge in [-0.3, -0.25) is 4.90 Å². The Labute approximate surface area is 86.0 Å². The van der Waals surface area contributed by atoms with Gasteiger partial charge in [0, 0.05) is 32.3 Å². The molecule has 0 aliphatic carbocycles. The SMILES string of the molecule is C[C@@H]1CN(CC(N)CCO)C[C@H](C)O1. The van der Waals surface area contributed by atoms with Crippen LogP contribution < -0.4 is 5.73 Å². The lowest BCUT2D eigenvalue weighted by Crippen LogP contribution is -2.49. The van der Waals surface area contributed by atoms with Crippen molar-refractivity contribution in [2.45, 2.75) is 38.5 Å². The summed E-state index contributed by atoms with van der Waals surface area (Å²) in [7, 11) is 0. The van der Waals surface area contributed by atoms with Crippen molar-refractivity contribution in [2.24, 2.45) is 5.73 Å². The second kappa shape index (κ2) is 5.66. The Bertz CT molecular complexity index is 156. The van der Waals surface area contributed by atoms with E-state index in [9.17, 15) is 0 Å². The Morgan fingerprint density at radius 3 is 2.50 bits per heavy atom. The zero-order chi connectivity index (χ0) is 10.6. The summed E-state index contributed by atoms with van der Waals surface area (Å²) in [6.45, 7) is 7.10. The monoisotopic (exact) mass is 202 g/mol. The third-order valence-electron chi connectivity index (χ3n) is 2.49. The highest BCUT2D eigenvalue weighted by Crippen LogP contribution is 2.10. The van der Waals surface area contributed by atoms with Crippen LogP contribution in [0.2, 0.25) is 0 Å². The van der Waals surface area contributed by atoms with Gasteiger partial charge < -0.3 is 15.6 Å². The number of aliphatic hydroxyl groups is 1. The van der Waals surface area contributed by atoms with Gasteiger partial charge in [0.05, 0.1) is 12.2 Å². The van der Waals surface area contributed by atoms with E-state index in [1.54, 1.807) is 0 Å². The fraction of sp³-hybridized carbons (Fsp3) is 1.00. The van der Waals surface area contributed by atoms with Gasteiger partial charge in [-0.25, -0.2) is 0 Å². The average Bonchev–Trinajstić information content (AvgIpc) is 2.01. The van der Waals surface area contributed by atoms with Crippen molar-refractivity contribution < 1.29 is 9.84 Å². The van der Waals surface area contributed by atoms with Crippen LogP contribution >= 0.6 is 0 Å².